The number of esters is 1. The lowest BCUT2D eigenvalue weighted by molar-refractivity contribution is -0.159. The SMILES string of the molecule is C[C@@H](OC(=O)C1CCC1)C(=O)Nc1ccc(Oc2ccccc2)cc1. The van der Waals surface area contributed by atoms with Crippen LogP contribution in [-0.2, 0) is 14.3 Å². The van der Waals surface area contributed by atoms with E-state index in [-0.39, 0.29) is 17.8 Å². The number of hydrogen-bond acceptors (Lipinski definition) is 4. The van der Waals surface area contributed by atoms with Crippen LogP contribution in [0.25, 0.3) is 0 Å². The van der Waals surface area contributed by atoms with Crippen LogP contribution in [0.4, 0.5) is 5.69 Å². The quantitative estimate of drug-likeness (QED) is 0.803. The summed E-state index contributed by atoms with van der Waals surface area (Å²) < 4.78 is 10.9. The molecule has 130 valence electrons. The van der Waals surface area contributed by atoms with Gasteiger partial charge in [0.05, 0.1) is 5.92 Å². The highest BCUT2D eigenvalue weighted by molar-refractivity contribution is 5.95. The zero-order valence-electron chi connectivity index (χ0n) is 14.1. The third-order valence-corrected chi connectivity index (χ3v) is 4.20. The molecule has 5 nitrogen and oxygen atoms in total. The van der Waals surface area contributed by atoms with Crippen molar-refractivity contribution in [2.24, 2.45) is 5.92 Å². The molecule has 1 atom stereocenters. The van der Waals surface area contributed by atoms with Crippen molar-refractivity contribution in [1.29, 1.82) is 0 Å². The minimum atomic E-state index is -0.812. The summed E-state index contributed by atoms with van der Waals surface area (Å²) >= 11 is 0. The number of benzene rings is 2. The van der Waals surface area contributed by atoms with Crippen molar-refractivity contribution in [2.45, 2.75) is 32.3 Å². The van der Waals surface area contributed by atoms with Gasteiger partial charge in [-0.2, -0.15) is 0 Å². The minimum absolute atomic E-state index is 0.0373. The highest BCUT2D eigenvalue weighted by Gasteiger charge is 2.29. The molecule has 1 saturated carbocycles. The number of rotatable bonds is 6. The molecule has 0 unspecified atom stereocenters. The zero-order chi connectivity index (χ0) is 17.6. The second-order valence-electron chi connectivity index (χ2n) is 6.14. The van der Waals surface area contributed by atoms with Gasteiger partial charge in [-0.1, -0.05) is 24.6 Å². The number of ether oxygens (including phenoxy) is 2. The Labute approximate surface area is 147 Å². The van der Waals surface area contributed by atoms with Gasteiger partial charge in [0.15, 0.2) is 6.10 Å². The Kier molecular flexibility index (Phi) is 5.33. The molecule has 1 amide bonds. The molecule has 1 N–H and O–H groups in total. The van der Waals surface area contributed by atoms with Gasteiger partial charge >= 0.3 is 5.97 Å². The second kappa shape index (κ2) is 7.83. The number of carbonyl (C=O) groups excluding carboxylic acids is 2. The molecular weight excluding hydrogens is 318 g/mol. The molecule has 3 rings (SSSR count). The van der Waals surface area contributed by atoms with Crippen LogP contribution in [0.2, 0.25) is 0 Å². The number of carbonyl (C=O) groups is 2. The first-order valence-electron chi connectivity index (χ1n) is 8.46. The van der Waals surface area contributed by atoms with E-state index in [1.165, 1.54) is 0 Å². The lowest BCUT2D eigenvalue weighted by Crippen LogP contribution is -2.34. The molecule has 0 saturated heterocycles. The Balaban J connectivity index is 1.51. The van der Waals surface area contributed by atoms with Crippen LogP contribution in [-0.4, -0.2) is 18.0 Å². The molecule has 5 heteroatoms. The molecule has 1 aliphatic rings. The molecule has 0 spiro atoms. The standard InChI is InChI=1S/C20H21NO4/c1-14(24-20(23)15-6-5-7-15)19(22)21-16-10-12-18(13-11-16)25-17-8-3-2-4-9-17/h2-4,8-15H,5-7H2,1H3,(H,21,22)/t14-/m1/s1. The van der Waals surface area contributed by atoms with Gasteiger partial charge in [-0.05, 0) is 56.2 Å². The van der Waals surface area contributed by atoms with Gasteiger partial charge in [-0.3, -0.25) is 9.59 Å². The first-order valence-corrected chi connectivity index (χ1v) is 8.46. The molecule has 0 radical (unpaired) electrons. The first-order chi connectivity index (χ1) is 12.1. The van der Waals surface area contributed by atoms with E-state index in [2.05, 4.69) is 5.32 Å². The van der Waals surface area contributed by atoms with Gasteiger partial charge in [0.25, 0.3) is 5.91 Å². The van der Waals surface area contributed by atoms with Crippen LogP contribution >= 0.6 is 0 Å². The van der Waals surface area contributed by atoms with Crippen molar-refractivity contribution in [3.8, 4) is 11.5 Å². The Bertz CT molecular complexity index is 723. The van der Waals surface area contributed by atoms with Crippen molar-refractivity contribution in [2.75, 3.05) is 5.32 Å². The second-order valence-corrected chi connectivity index (χ2v) is 6.14. The molecule has 2 aromatic carbocycles. The van der Waals surface area contributed by atoms with E-state index in [0.717, 1.165) is 25.0 Å². The molecular formula is C20H21NO4. The molecule has 0 heterocycles. The average Bonchev–Trinajstić information content (AvgIpc) is 2.56. The Hall–Kier alpha value is -2.82. The smallest absolute Gasteiger partial charge is 0.309 e. The summed E-state index contributed by atoms with van der Waals surface area (Å²) in [4.78, 5) is 23.9. The Morgan fingerprint density at radius 1 is 1.00 bits per heavy atom. The van der Waals surface area contributed by atoms with Gasteiger partial charge in [0.1, 0.15) is 11.5 Å². The summed E-state index contributed by atoms with van der Waals surface area (Å²) in [6, 6.07) is 16.5. The molecule has 1 fully saturated rings. The number of amides is 1. The fraction of sp³-hybridized carbons (Fsp3) is 0.300. The molecule has 0 aliphatic heterocycles. The van der Waals surface area contributed by atoms with E-state index in [4.69, 9.17) is 9.47 Å². The number of para-hydroxylation sites is 1. The largest absolute Gasteiger partial charge is 0.457 e. The van der Waals surface area contributed by atoms with Gasteiger partial charge in [0, 0.05) is 5.69 Å². The summed E-state index contributed by atoms with van der Waals surface area (Å²) in [7, 11) is 0. The number of anilines is 1. The Morgan fingerprint density at radius 2 is 1.64 bits per heavy atom. The average molecular weight is 339 g/mol. The van der Waals surface area contributed by atoms with Crippen LogP contribution < -0.4 is 10.1 Å². The first kappa shape index (κ1) is 17.0. The van der Waals surface area contributed by atoms with Crippen molar-refractivity contribution < 1.29 is 19.1 Å². The van der Waals surface area contributed by atoms with E-state index in [0.29, 0.717) is 11.4 Å². The molecule has 2 aromatic rings. The van der Waals surface area contributed by atoms with E-state index in [1.807, 2.05) is 30.3 Å². The zero-order valence-corrected chi connectivity index (χ0v) is 14.1. The highest BCUT2D eigenvalue weighted by Crippen LogP contribution is 2.28. The van der Waals surface area contributed by atoms with Crippen molar-refractivity contribution in [1.82, 2.24) is 0 Å². The fourth-order valence-electron chi connectivity index (χ4n) is 2.44. The summed E-state index contributed by atoms with van der Waals surface area (Å²) in [5, 5.41) is 2.74. The summed E-state index contributed by atoms with van der Waals surface area (Å²) in [6.45, 7) is 1.58. The molecule has 0 aromatic heterocycles. The maximum Gasteiger partial charge on any atom is 0.309 e. The predicted octanol–water partition coefficient (Wildman–Crippen LogP) is 4.15. The van der Waals surface area contributed by atoms with Gasteiger partial charge < -0.3 is 14.8 Å². The third kappa shape index (κ3) is 4.59. The maximum absolute atomic E-state index is 12.1. The molecule has 1 aliphatic carbocycles. The van der Waals surface area contributed by atoms with Crippen molar-refractivity contribution >= 4 is 17.6 Å². The summed E-state index contributed by atoms with van der Waals surface area (Å²) in [5.41, 5.74) is 0.622. The van der Waals surface area contributed by atoms with Crippen LogP contribution in [0.15, 0.2) is 54.6 Å². The van der Waals surface area contributed by atoms with Crippen molar-refractivity contribution in [3.05, 3.63) is 54.6 Å². The minimum Gasteiger partial charge on any atom is -0.457 e. The van der Waals surface area contributed by atoms with Crippen molar-refractivity contribution in [3.63, 3.8) is 0 Å². The van der Waals surface area contributed by atoms with E-state index < -0.39 is 6.10 Å². The van der Waals surface area contributed by atoms with Crippen LogP contribution in [0.5, 0.6) is 11.5 Å². The van der Waals surface area contributed by atoms with E-state index in [9.17, 15) is 9.59 Å². The van der Waals surface area contributed by atoms with Crippen LogP contribution in [0, 0.1) is 5.92 Å². The van der Waals surface area contributed by atoms with Crippen LogP contribution in [0.3, 0.4) is 0 Å². The van der Waals surface area contributed by atoms with E-state index >= 15 is 0 Å². The highest BCUT2D eigenvalue weighted by atomic mass is 16.5. The number of nitrogens with one attached hydrogen (secondary N) is 1. The molecule has 0 bridgehead atoms. The normalized spacial score (nSPS) is 14.9. The lowest BCUT2D eigenvalue weighted by atomic mass is 9.86. The van der Waals surface area contributed by atoms with Crippen LogP contribution in [0.1, 0.15) is 26.2 Å². The topological polar surface area (TPSA) is 64.6 Å². The third-order valence-electron chi connectivity index (χ3n) is 4.20. The monoisotopic (exact) mass is 339 g/mol. The Morgan fingerprint density at radius 3 is 2.24 bits per heavy atom. The van der Waals surface area contributed by atoms with Gasteiger partial charge in [-0.15, -0.1) is 0 Å². The maximum atomic E-state index is 12.1. The lowest BCUT2D eigenvalue weighted by Gasteiger charge is -2.24. The van der Waals surface area contributed by atoms with Gasteiger partial charge in [0.2, 0.25) is 0 Å². The molecule has 25 heavy (non-hydrogen) atoms. The number of hydrogen-bond donors (Lipinski definition) is 1. The van der Waals surface area contributed by atoms with Gasteiger partial charge in [-0.25, -0.2) is 0 Å². The summed E-state index contributed by atoms with van der Waals surface area (Å²) in [5.74, 6) is 0.763. The van der Waals surface area contributed by atoms with E-state index in [1.54, 1.807) is 31.2 Å². The summed E-state index contributed by atoms with van der Waals surface area (Å²) in [6.07, 6.45) is 1.96. The predicted molar refractivity (Wildman–Crippen MR) is 94.5 cm³/mol. The fourth-order valence-corrected chi connectivity index (χ4v) is 2.44.